The molecule has 1 atom stereocenters. The Balaban J connectivity index is 0.00000484. The summed E-state index contributed by atoms with van der Waals surface area (Å²) in [5.74, 6) is -2.02. The largest absolute Gasteiger partial charge is 0.493 e. The average molecular weight is 617 g/mol. The molecule has 4 rings (SSSR count). The number of amides is 1. The molecule has 0 spiro atoms. The Morgan fingerprint density at radius 1 is 1.14 bits per heavy atom. The van der Waals surface area contributed by atoms with Crippen LogP contribution in [0.5, 0.6) is 5.75 Å². The van der Waals surface area contributed by atoms with E-state index in [2.05, 4.69) is 14.9 Å². The summed E-state index contributed by atoms with van der Waals surface area (Å²) in [6.45, 7) is 4.62. The summed E-state index contributed by atoms with van der Waals surface area (Å²) in [4.78, 5) is 42.7. The molecule has 0 unspecified atom stereocenters. The number of hydrogen-bond acceptors (Lipinski definition) is 8. The zero-order valence-corrected chi connectivity index (χ0v) is 24.6. The smallest absolute Gasteiger partial charge is 0.406 e. The lowest BCUT2D eigenvalue weighted by molar-refractivity contribution is -0.175. The molecular weight excluding hydrogens is 581 g/mol. The first kappa shape index (κ1) is 33.0. The molecule has 0 bridgehead atoms. The number of ether oxygens (including phenoxy) is 3. The number of rotatable bonds is 9. The number of halogens is 4. The van der Waals surface area contributed by atoms with Crippen LogP contribution in [0.2, 0.25) is 0 Å². The van der Waals surface area contributed by atoms with Crippen LogP contribution in [0.1, 0.15) is 50.4 Å². The van der Waals surface area contributed by atoms with Crippen molar-refractivity contribution in [2.45, 2.75) is 65.7 Å². The van der Waals surface area contributed by atoms with Gasteiger partial charge in [-0.3, -0.25) is 14.4 Å². The Kier molecular flexibility index (Phi) is 10.7. The minimum absolute atomic E-state index is 0. The van der Waals surface area contributed by atoms with Crippen molar-refractivity contribution < 1.29 is 41.8 Å². The van der Waals surface area contributed by atoms with Crippen molar-refractivity contribution in [1.82, 2.24) is 14.5 Å². The van der Waals surface area contributed by atoms with Crippen molar-refractivity contribution in [3.63, 3.8) is 0 Å². The maximum Gasteiger partial charge on any atom is 0.406 e. The molecule has 0 saturated heterocycles. The molecule has 2 aliphatic heterocycles. The third-order valence-electron chi connectivity index (χ3n) is 6.78. The van der Waals surface area contributed by atoms with Crippen LogP contribution in [0.15, 0.2) is 24.4 Å². The third-order valence-corrected chi connectivity index (χ3v) is 6.78. The Bertz CT molecular complexity index is 1250. The van der Waals surface area contributed by atoms with Crippen LogP contribution in [-0.4, -0.2) is 65.0 Å². The van der Waals surface area contributed by atoms with Crippen LogP contribution in [0.3, 0.4) is 0 Å². The minimum atomic E-state index is -4.63. The monoisotopic (exact) mass is 616 g/mol. The number of nitrogens with zero attached hydrogens (tertiary/aromatic N) is 3. The summed E-state index contributed by atoms with van der Waals surface area (Å²) in [7, 11) is 0. The maximum absolute atomic E-state index is 13.4. The number of alkyl halides is 3. The number of fused-ring (bicyclic) bond motifs is 2. The molecule has 0 saturated carbocycles. The number of hydrogen-bond donors (Lipinski definition) is 1. The van der Waals surface area contributed by atoms with Crippen LogP contribution in [-0.2, 0) is 49.8 Å². The van der Waals surface area contributed by atoms with Crippen LogP contribution in [0.4, 0.5) is 19.1 Å². The zero-order valence-electron chi connectivity index (χ0n) is 23.8. The molecule has 0 radical (unpaired) electrons. The van der Waals surface area contributed by atoms with Gasteiger partial charge in [0.2, 0.25) is 18.6 Å². The van der Waals surface area contributed by atoms with Crippen molar-refractivity contribution in [1.29, 1.82) is 0 Å². The first-order valence-corrected chi connectivity index (χ1v) is 13.5. The lowest BCUT2D eigenvalue weighted by Gasteiger charge is -2.25. The van der Waals surface area contributed by atoms with Gasteiger partial charge in [0, 0.05) is 32.3 Å². The molecule has 232 valence electrons. The fraction of sp³-hybridized carbons (Fsp3) is 0.571. The molecule has 1 N–H and O–H groups in total. The highest BCUT2D eigenvalue weighted by Crippen LogP contribution is 2.30. The number of anilines is 1. The van der Waals surface area contributed by atoms with Gasteiger partial charge in [-0.05, 0) is 56.9 Å². The predicted molar refractivity (Wildman–Crippen MR) is 148 cm³/mol. The third kappa shape index (κ3) is 9.01. The van der Waals surface area contributed by atoms with E-state index < -0.39 is 55.1 Å². The van der Waals surface area contributed by atoms with E-state index in [1.807, 2.05) is 6.20 Å². The summed E-state index contributed by atoms with van der Waals surface area (Å²) < 4.78 is 57.9. The van der Waals surface area contributed by atoms with Crippen molar-refractivity contribution >= 4 is 36.2 Å². The fourth-order valence-corrected chi connectivity index (χ4v) is 4.69. The van der Waals surface area contributed by atoms with E-state index >= 15 is 0 Å². The molecule has 2 aliphatic rings. The van der Waals surface area contributed by atoms with E-state index in [-0.39, 0.29) is 25.4 Å². The highest BCUT2D eigenvalue weighted by molar-refractivity contribution is 5.85. The lowest BCUT2D eigenvalue weighted by atomic mass is 9.94. The number of benzene rings is 1. The van der Waals surface area contributed by atoms with Crippen LogP contribution in [0.25, 0.3) is 0 Å². The second-order valence-electron chi connectivity index (χ2n) is 11.3. The van der Waals surface area contributed by atoms with Crippen LogP contribution in [0, 0.1) is 11.3 Å². The van der Waals surface area contributed by atoms with E-state index in [0.717, 1.165) is 31.2 Å². The maximum atomic E-state index is 13.4. The van der Waals surface area contributed by atoms with E-state index in [9.17, 15) is 27.6 Å². The van der Waals surface area contributed by atoms with Gasteiger partial charge >= 0.3 is 18.1 Å². The Morgan fingerprint density at radius 2 is 1.90 bits per heavy atom. The van der Waals surface area contributed by atoms with Gasteiger partial charge in [0.15, 0.2) is 0 Å². The van der Waals surface area contributed by atoms with Crippen molar-refractivity contribution in [3.05, 3.63) is 41.2 Å². The van der Waals surface area contributed by atoms with Gasteiger partial charge in [-0.15, -0.1) is 12.4 Å². The first-order valence-electron chi connectivity index (χ1n) is 13.5. The van der Waals surface area contributed by atoms with E-state index in [1.165, 1.54) is 0 Å². The summed E-state index contributed by atoms with van der Waals surface area (Å²) in [6, 6.07) is 5.04. The molecule has 0 aliphatic carbocycles. The summed E-state index contributed by atoms with van der Waals surface area (Å²) in [6.07, 6.45) is -1.49. The molecule has 14 heteroatoms. The summed E-state index contributed by atoms with van der Waals surface area (Å²) in [5, 5.41) is 3.24. The lowest BCUT2D eigenvalue weighted by Crippen LogP contribution is -2.41. The standard InChI is InChI=1S/C28H35F3N4O6.ClH/c1-27(2,3)25(38)41-17-40-23(36)13-19-11-18-5-6-22(12-20(18)14-35(24(19)37)16-28(29,30)31)39-10-7-21-15-34-9-4-8-32-26(34)33-21;/h5-6,12,15,19H,4,7-11,13-14,16-17H2,1-3H3,(H,32,33);1H/t19-;/m0./s1. The number of aromatic nitrogens is 2. The Morgan fingerprint density at radius 3 is 2.60 bits per heavy atom. The van der Waals surface area contributed by atoms with Gasteiger partial charge in [0.1, 0.15) is 12.3 Å². The normalized spacial score (nSPS) is 16.8. The molecule has 10 nitrogen and oxygen atoms in total. The highest BCUT2D eigenvalue weighted by Gasteiger charge is 2.38. The Hall–Kier alpha value is -3.48. The second kappa shape index (κ2) is 13.7. The molecule has 1 aromatic heterocycles. The number of carbonyl (C=O) groups excluding carboxylic acids is 3. The van der Waals surface area contributed by atoms with Gasteiger partial charge < -0.3 is 29.0 Å². The SMILES string of the molecule is CC(C)(C)C(=O)OCOC(=O)C[C@@H]1Cc2ccc(OCCc3cn4c(n3)NCCC4)cc2CN(CC(F)(F)F)C1=O.Cl. The molecule has 0 fully saturated rings. The molecule has 2 aromatic rings. The van der Waals surface area contributed by atoms with Gasteiger partial charge in [0.05, 0.1) is 30.1 Å². The minimum Gasteiger partial charge on any atom is -0.493 e. The first-order chi connectivity index (χ1) is 19.3. The predicted octanol–water partition coefficient (Wildman–Crippen LogP) is 4.29. The summed E-state index contributed by atoms with van der Waals surface area (Å²) in [5.41, 5.74) is 1.22. The molecule has 42 heavy (non-hydrogen) atoms. The zero-order chi connectivity index (χ0) is 29.8. The number of nitrogens with one attached hydrogen (secondary N) is 1. The van der Waals surface area contributed by atoms with E-state index in [0.29, 0.717) is 34.8 Å². The second-order valence-corrected chi connectivity index (χ2v) is 11.3. The fourth-order valence-electron chi connectivity index (χ4n) is 4.69. The Labute approximate surface area is 248 Å². The molecular formula is C28H36ClF3N4O6. The number of aryl methyl sites for hydroxylation is 1. The molecule has 1 amide bonds. The molecule has 3 heterocycles. The van der Waals surface area contributed by atoms with Gasteiger partial charge in [-0.1, -0.05) is 6.07 Å². The quantitative estimate of drug-likeness (QED) is 0.328. The van der Waals surface area contributed by atoms with E-state index in [4.69, 9.17) is 14.2 Å². The number of esters is 2. The topological polar surface area (TPSA) is 112 Å². The number of imidazole rings is 1. The molecule has 1 aromatic carbocycles. The van der Waals surface area contributed by atoms with Crippen LogP contribution < -0.4 is 10.1 Å². The van der Waals surface area contributed by atoms with Crippen molar-refractivity contribution in [2.24, 2.45) is 11.3 Å². The van der Waals surface area contributed by atoms with Gasteiger partial charge in [0.25, 0.3) is 0 Å². The van der Waals surface area contributed by atoms with Crippen LogP contribution >= 0.6 is 12.4 Å². The number of carbonyl (C=O) groups is 3. The van der Waals surface area contributed by atoms with Crippen molar-refractivity contribution in [3.8, 4) is 5.75 Å². The van der Waals surface area contributed by atoms with E-state index in [1.54, 1.807) is 39.0 Å². The highest BCUT2D eigenvalue weighted by atomic mass is 35.5. The van der Waals surface area contributed by atoms with Gasteiger partial charge in [-0.25, -0.2) is 4.98 Å². The van der Waals surface area contributed by atoms with Gasteiger partial charge in [-0.2, -0.15) is 13.2 Å². The average Bonchev–Trinajstić information content (AvgIpc) is 3.25. The summed E-state index contributed by atoms with van der Waals surface area (Å²) >= 11 is 0. The van der Waals surface area contributed by atoms with Crippen molar-refractivity contribution in [2.75, 3.05) is 31.8 Å².